The molecule has 0 aromatic carbocycles. The molecule has 2 N–H and O–H groups in total. The number of nitrogens with one attached hydrogen (secondary N) is 2. The van der Waals surface area contributed by atoms with E-state index in [-0.39, 0.29) is 17.8 Å². The van der Waals surface area contributed by atoms with Crippen LogP contribution in [0.15, 0.2) is 0 Å². The third-order valence-electron chi connectivity index (χ3n) is 3.99. The third-order valence-corrected chi connectivity index (χ3v) is 3.99. The summed E-state index contributed by atoms with van der Waals surface area (Å²) in [7, 11) is 0. The Morgan fingerprint density at radius 1 is 1.50 bits per heavy atom. The predicted molar refractivity (Wildman–Crippen MR) is 66.2 cm³/mol. The molecule has 1 amide bonds. The Morgan fingerprint density at radius 3 is 3.17 bits per heavy atom. The highest BCUT2D eigenvalue weighted by Crippen LogP contribution is 2.27. The largest absolute Gasteiger partial charge is 0.345 e. The number of aromatic amines is 1. The SMILES string of the molecule is CCc1nc(C(=O)NC2CCN3CCCC23)n[nH]1. The van der Waals surface area contributed by atoms with E-state index < -0.39 is 0 Å². The van der Waals surface area contributed by atoms with Gasteiger partial charge >= 0.3 is 0 Å². The van der Waals surface area contributed by atoms with Gasteiger partial charge in [-0.1, -0.05) is 6.92 Å². The van der Waals surface area contributed by atoms with Crippen LogP contribution in [0.2, 0.25) is 0 Å². The number of hydrogen-bond acceptors (Lipinski definition) is 4. The normalized spacial score (nSPS) is 27.4. The van der Waals surface area contributed by atoms with Crippen LogP contribution in [0.5, 0.6) is 0 Å². The van der Waals surface area contributed by atoms with Gasteiger partial charge in [0, 0.05) is 25.0 Å². The van der Waals surface area contributed by atoms with Crippen molar-refractivity contribution in [3.63, 3.8) is 0 Å². The number of nitrogens with zero attached hydrogens (tertiary/aromatic N) is 3. The first kappa shape index (κ1) is 11.6. The number of aryl methyl sites for hydroxylation is 1. The Kier molecular flexibility index (Phi) is 3.03. The van der Waals surface area contributed by atoms with E-state index in [2.05, 4.69) is 25.4 Å². The predicted octanol–water partition coefficient (Wildman–Crippen LogP) is 0.334. The zero-order valence-electron chi connectivity index (χ0n) is 10.6. The average Bonchev–Trinajstić information content (AvgIpc) is 3.05. The summed E-state index contributed by atoms with van der Waals surface area (Å²) in [6.45, 7) is 4.26. The summed E-state index contributed by atoms with van der Waals surface area (Å²) >= 11 is 0. The highest BCUT2D eigenvalue weighted by molar-refractivity contribution is 5.90. The van der Waals surface area contributed by atoms with Crippen LogP contribution in [0.4, 0.5) is 0 Å². The molecule has 0 aliphatic carbocycles. The molecule has 18 heavy (non-hydrogen) atoms. The minimum atomic E-state index is -0.148. The lowest BCUT2D eigenvalue weighted by Crippen LogP contribution is -2.42. The van der Waals surface area contributed by atoms with Gasteiger partial charge in [-0.05, 0) is 25.8 Å². The fraction of sp³-hybridized carbons (Fsp3) is 0.750. The van der Waals surface area contributed by atoms with Crippen molar-refractivity contribution < 1.29 is 4.79 Å². The molecule has 6 nitrogen and oxygen atoms in total. The molecule has 2 unspecified atom stereocenters. The van der Waals surface area contributed by atoms with Crippen molar-refractivity contribution in [2.75, 3.05) is 13.1 Å². The van der Waals surface area contributed by atoms with E-state index in [9.17, 15) is 4.79 Å². The van der Waals surface area contributed by atoms with Crippen LogP contribution in [0.3, 0.4) is 0 Å². The minimum Gasteiger partial charge on any atom is -0.345 e. The molecule has 6 heteroatoms. The molecule has 2 aliphatic heterocycles. The molecule has 3 rings (SSSR count). The smallest absolute Gasteiger partial charge is 0.291 e. The lowest BCUT2D eigenvalue weighted by Gasteiger charge is -2.20. The molecular weight excluding hydrogens is 230 g/mol. The number of carbonyl (C=O) groups is 1. The highest BCUT2D eigenvalue weighted by atomic mass is 16.2. The zero-order valence-corrected chi connectivity index (χ0v) is 10.6. The van der Waals surface area contributed by atoms with Gasteiger partial charge in [-0.3, -0.25) is 14.8 Å². The van der Waals surface area contributed by atoms with E-state index in [1.54, 1.807) is 0 Å². The Labute approximate surface area is 106 Å². The maximum Gasteiger partial charge on any atom is 0.291 e. The quantitative estimate of drug-likeness (QED) is 0.810. The maximum absolute atomic E-state index is 12.0. The van der Waals surface area contributed by atoms with Crippen LogP contribution < -0.4 is 5.32 Å². The van der Waals surface area contributed by atoms with E-state index in [4.69, 9.17) is 0 Å². The number of aromatic nitrogens is 3. The molecule has 2 aliphatic rings. The molecule has 0 radical (unpaired) electrons. The van der Waals surface area contributed by atoms with Crippen LogP contribution in [0, 0.1) is 0 Å². The topological polar surface area (TPSA) is 73.9 Å². The molecule has 2 saturated heterocycles. The molecule has 1 aromatic rings. The number of fused-ring (bicyclic) bond motifs is 1. The van der Waals surface area contributed by atoms with E-state index in [0.29, 0.717) is 6.04 Å². The minimum absolute atomic E-state index is 0.148. The van der Waals surface area contributed by atoms with E-state index >= 15 is 0 Å². The molecule has 2 atom stereocenters. The highest BCUT2D eigenvalue weighted by Gasteiger charge is 2.38. The summed E-state index contributed by atoms with van der Waals surface area (Å²) in [4.78, 5) is 18.7. The van der Waals surface area contributed by atoms with Crippen LogP contribution in [-0.2, 0) is 6.42 Å². The summed E-state index contributed by atoms with van der Waals surface area (Å²) in [5, 5.41) is 9.81. The summed E-state index contributed by atoms with van der Waals surface area (Å²) in [5.74, 6) is 0.877. The number of rotatable bonds is 3. The lowest BCUT2D eigenvalue weighted by atomic mass is 10.1. The summed E-state index contributed by atoms with van der Waals surface area (Å²) < 4.78 is 0. The first-order valence-corrected chi connectivity index (χ1v) is 6.74. The molecule has 3 heterocycles. The second-order valence-electron chi connectivity index (χ2n) is 5.07. The number of amides is 1. The van der Waals surface area contributed by atoms with Crippen molar-refractivity contribution in [3.05, 3.63) is 11.6 Å². The fourth-order valence-electron chi connectivity index (χ4n) is 3.04. The first-order valence-electron chi connectivity index (χ1n) is 6.74. The van der Waals surface area contributed by atoms with Crippen molar-refractivity contribution >= 4 is 5.91 Å². The van der Waals surface area contributed by atoms with Crippen molar-refractivity contribution in [2.45, 2.75) is 44.7 Å². The van der Waals surface area contributed by atoms with Gasteiger partial charge < -0.3 is 5.32 Å². The average molecular weight is 249 g/mol. The summed E-state index contributed by atoms with van der Waals surface area (Å²) in [6, 6.07) is 0.794. The van der Waals surface area contributed by atoms with Crippen LogP contribution in [0.1, 0.15) is 42.6 Å². The van der Waals surface area contributed by atoms with Crippen molar-refractivity contribution in [3.8, 4) is 0 Å². The first-order chi connectivity index (χ1) is 8.78. The van der Waals surface area contributed by atoms with E-state index in [0.717, 1.165) is 25.2 Å². The van der Waals surface area contributed by atoms with Gasteiger partial charge in [0.2, 0.25) is 5.82 Å². The van der Waals surface area contributed by atoms with Gasteiger partial charge in [-0.2, -0.15) is 0 Å². The molecule has 98 valence electrons. The molecule has 2 fully saturated rings. The fourth-order valence-corrected chi connectivity index (χ4v) is 3.04. The lowest BCUT2D eigenvalue weighted by molar-refractivity contribution is 0.0919. The van der Waals surface area contributed by atoms with Crippen molar-refractivity contribution in [1.82, 2.24) is 25.4 Å². The van der Waals surface area contributed by atoms with Crippen molar-refractivity contribution in [1.29, 1.82) is 0 Å². The zero-order chi connectivity index (χ0) is 12.5. The Morgan fingerprint density at radius 2 is 2.39 bits per heavy atom. The Balaban J connectivity index is 1.64. The monoisotopic (exact) mass is 249 g/mol. The molecule has 0 spiro atoms. The third kappa shape index (κ3) is 2.01. The summed E-state index contributed by atoms with van der Waals surface area (Å²) in [5.41, 5.74) is 0. The molecular formula is C12H19N5O. The number of H-pyrrole nitrogens is 1. The van der Waals surface area contributed by atoms with Gasteiger partial charge in [0.05, 0.1) is 0 Å². The van der Waals surface area contributed by atoms with E-state index in [1.807, 2.05) is 6.92 Å². The second-order valence-corrected chi connectivity index (χ2v) is 5.07. The number of carbonyl (C=O) groups excluding carboxylic acids is 1. The van der Waals surface area contributed by atoms with Crippen LogP contribution in [0.25, 0.3) is 0 Å². The van der Waals surface area contributed by atoms with Crippen LogP contribution in [-0.4, -0.2) is 51.2 Å². The van der Waals surface area contributed by atoms with Gasteiger partial charge in [-0.25, -0.2) is 4.98 Å². The van der Waals surface area contributed by atoms with Gasteiger partial charge in [-0.15, -0.1) is 5.10 Å². The Bertz CT molecular complexity index is 443. The van der Waals surface area contributed by atoms with Crippen LogP contribution >= 0.6 is 0 Å². The van der Waals surface area contributed by atoms with Gasteiger partial charge in [0.15, 0.2) is 0 Å². The molecule has 1 aromatic heterocycles. The maximum atomic E-state index is 12.0. The van der Waals surface area contributed by atoms with E-state index in [1.165, 1.54) is 19.4 Å². The molecule has 0 saturated carbocycles. The summed E-state index contributed by atoms with van der Waals surface area (Å²) in [6.07, 6.45) is 4.25. The number of hydrogen-bond donors (Lipinski definition) is 2. The van der Waals surface area contributed by atoms with Gasteiger partial charge in [0.25, 0.3) is 5.91 Å². The standard InChI is InChI=1S/C12H19N5O/c1-2-10-14-11(16-15-10)12(18)13-8-5-7-17-6-3-4-9(8)17/h8-9H,2-7H2,1H3,(H,13,18)(H,14,15,16). The molecule has 0 bridgehead atoms. The Hall–Kier alpha value is -1.43. The second kappa shape index (κ2) is 4.68. The van der Waals surface area contributed by atoms with Gasteiger partial charge in [0.1, 0.15) is 5.82 Å². The van der Waals surface area contributed by atoms with Crippen molar-refractivity contribution in [2.24, 2.45) is 0 Å².